The lowest BCUT2D eigenvalue weighted by Crippen LogP contribution is -2.51. The lowest BCUT2D eigenvalue weighted by Gasteiger charge is -2.37. The summed E-state index contributed by atoms with van der Waals surface area (Å²) in [7, 11) is 0. The molecule has 132 valence electrons. The summed E-state index contributed by atoms with van der Waals surface area (Å²) in [6, 6.07) is 14.0. The van der Waals surface area contributed by atoms with E-state index >= 15 is 0 Å². The van der Waals surface area contributed by atoms with Gasteiger partial charge in [0.05, 0.1) is 17.0 Å². The monoisotopic (exact) mass is 346 g/mol. The second kappa shape index (κ2) is 6.45. The van der Waals surface area contributed by atoms with Crippen molar-refractivity contribution in [1.82, 2.24) is 9.88 Å². The fourth-order valence-electron chi connectivity index (χ4n) is 3.80. The molecule has 1 saturated carbocycles. The van der Waals surface area contributed by atoms with Crippen LogP contribution in [0.1, 0.15) is 29.5 Å². The van der Waals surface area contributed by atoms with Gasteiger partial charge in [0, 0.05) is 32.4 Å². The molecule has 1 saturated heterocycles. The number of amides is 1. The van der Waals surface area contributed by atoms with Crippen molar-refractivity contribution >= 4 is 11.7 Å². The first-order chi connectivity index (χ1) is 12.6. The number of aryl methyl sites for hydroxylation is 1. The quantitative estimate of drug-likeness (QED) is 0.857. The predicted molar refractivity (Wildman–Crippen MR) is 99.8 cm³/mol. The van der Waals surface area contributed by atoms with Crippen LogP contribution in [-0.2, 0) is 10.2 Å². The average Bonchev–Trinajstić information content (AvgIpc) is 3.50. The molecule has 0 spiro atoms. The van der Waals surface area contributed by atoms with Crippen LogP contribution in [0.4, 0.5) is 5.82 Å². The zero-order valence-corrected chi connectivity index (χ0v) is 15.0. The maximum atomic E-state index is 13.2. The number of hydrogen-bond donors (Lipinski definition) is 0. The van der Waals surface area contributed by atoms with E-state index in [0.29, 0.717) is 18.7 Å². The van der Waals surface area contributed by atoms with Gasteiger partial charge in [-0.15, -0.1) is 0 Å². The summed E-state index contributed by atoms with van der Waals surface area (Å²) < 4.78 is 0. The SMILES string of the molecule is Cc1cccc(C2(C(=O)N3CCN(c4cc(C#N)ccn4)CC3)CC2)c1. The molecule has 0 N–H and O–H groups in total. The first kappa shape index (κ1) is 16.6. The molecule has 0 unspecified atom stereocenters. The van der Waals surface area contributed by atoms with Gasteiger partial charge in [0.2, 0.25) is 5.91 Å². The lowest BCUT2D eigenvalue weighted by atomic mass is 9.92. The molecule has 2 aromatic rings. The topological polar surface area (TPSA) is 60.2 Å². The number of rotatable bonds is 3. The third-order valence-electron chi connectivity index (χ3n) is 5.50. The summed E-state index contributed by atoms with van der Waals surface area (Å²) in [5, 5.41) is 9.05. The normalized spacial score (nSPS) is 18.3. The van der Waals surface area contributed by atoms with E-state index in [-0.39, 0.29) is 11.3 Å². The van der Waals surface area contributed by atoms with Gasteiger partial charge in [-0.3, -0.25) is 4.79 Å². The van der Waals surface area contributed by atoms with Crippen LogP contribution in [0.15, 0.2) is 42.6 Å². The van der Waals surface area contributed by atoms with Gasteiger partial charge >= 0.3 is 0 Å². The molecular formula is C21H22N4O. The Labute approximate surface area is 153 Å². The van der Waals surface area contributed by atoms with Crippen molar-refractivity contribution in [3.63, 3.8) is 0 Å². The van der Waals surface area contributed by atoms with Crippen molar-refractivity contribution in [3.05, 3.63) is 59.3 Å². The number of hydrogen-bond acceptors (Lipinski definition) is 4. The van der Waals surface area contributed by atoms with Crippen molar-refractivity contribution < 1.29 is 4.79 Å². The van der Waals surface area contributed by atoms with E-state index in [0.717, 1.165) is 37.3 Å². The number of nitriles is 1. The van der Waals surface area contributed by atoms with Crippen molar-refractivity contribution in [1.29, 1.82) is 5.26 Å². The van der Waals surface area contributed by atoms with E-state index in [2.05, 4.69) is 41.1 Å². The standard InChI is InChI=1S/C21H22N4O/c1-16-3-2-4-18(13-16)21(6-7-21)20(26)25-11-9-24(10-12-25)19-14-17(15-22)5-8-23-19/h2-5,8,13-14H,6-7,9-12H2,1H3. The first-order valence-electron chi connectivity index (χ1n) is 9.10. The van der Waals surface area contributed by atoms with Crippen molar-refractivity contribution in [2.75, 3.05) is 31.1 Å². The number of nitrogens with zero attached hydrogens (tertiary/aromatic N) is 4. The van der Waals surface area contributed by atoms with Gasteiger partial charge < -0.3 is 9.80 Å². The van der Waals surface area contributed by atoms with Crippen LogP contribution in [-0.4, -0.2) is 42.0 Å². The summed E-state index contributed by atoms with van der Waals surface area (Å²) >= 11 is 0. The van der Waals surface area contributed by atoms with Gasteiger partial charge in [0.25, 0.3) is 0 Å². The van der Waals surface area contributed by atoms with Crippen LogP contribution in [0.2, 0.25) is 0 Å². The highest BCUT2D eigenvalue weighted by atomic mass is 16.2. The van der Waals surface area contributed by atoms with Gasteiger partial charge in [-0.1, -0.05) is 29.8 Å². The van der Waals surface area contributed by atoms with Crippen LogP contribution in [0.5, 0.6) is 0 Å². The Morgan fingerprint density at radius 3 is 2.58 bits per heavy atom. The number of carbonyl (C=O) groups is 1. The molecule has 0 radical (unpaired) electrons. The highest BCUT2D eigenvalue weighted by Crippen LogP contribution is 2.49. The van der Waals surface area contributed by atoms with Crippen molar-refractivity contribution in [3.8, 4) is 6.07 Å². The molecule has 5 nitrogen and oxygen atoms in total. The Morgan fingerprint density at radius 2 is 1.92 bits per heavy atom. The minimum atomic E-state index is -0.298. The van der Waals surface area contributed by atoms with E-state index in [9.17, 15) is 4.79 Å². The molecular weight excluding hydrogens is 324 g/mol. The largest absolute Gasteiger partial charge is 0.353 e. The number of carbonyl (C=O) groups excluding carboxylic acids is 1. The average molecular weight is 346 g/mol. The van der Waals surface area contributed by atoms with E-state index in [1.165, 1.54) is 5.56 Å². The van der Waals surface area contributed by atoms with E-state index < -0.39 is 0 Å². The molecule has 2 aliphatic rings. The van der Waals surface area contributed by atoms with E-state index in [1.807, 2.05) is 17.0 Å². The molecule has 4 rings (SSSR count). The molecule has 5 heteroatoms. The second-order valence-corrected chi connectivity index (χ2v) is 7.25. The first-order valence-corrected chi connectivity index (χ1v) is 9.10. The summed E-state index contributed by atoms with van der Waals surface area (Å²) in [5.41, 5.74) is 2.68. The third-order valence-corrected chi connectivity index (χ3v) is 5.50. The maximum Gasteiger partial charge on any atom is 0.233 e. The van der Waals surface area contributed by atoms with E-state index in [4.69, 9.17) is 5.26 Å². The summed E-state index contributed by atoms with van der Waals surface area (Å²) in [6.07, 6.45) is 3.56. The zero-order valence-electron chi connectivity index (χ0n) is 15.0. The van der Waals surface area contributed by atoms with Gasteiger partial charge in [-0.05, 0) is 37.5 Å². The van der Waals surface area contributed by atoms with Crippen molar-refractivity contribution in [2.24, 2.45) is 0 Å². The number of piperazine rings is 1. The fourth-order valence-corrected chi connectivity index (χ4v) is 3.80. The number of pyridine rings is 1. The molecule has 1 aromatic carbocycles. The molecule has 2 heterocycles. The second-order valence-electron chi connectivity index (χ2n) is 7.25. The number of benzene rings is 1. The third kappa shape index (κ3) is 2.92. The van der Waals surface area contributed by atoms with Gasteiger partial charge in [0.1, 0.15) is 5.82 Å². The Balaban J connectivity index is 1.45. The summed E-state index contributed by atoms with van der Waals surface area (Å²) in [5.74, 6) is 1.08. The molecule has 1 aliphatic carbocycles. The Hall–Kier alpha value is -2.87. The highest BCUT2D eigenvalue weighted by molar-refractivity contribution is 5.91. The van der Waals surface area contributed by atoms with Crippen LogP contribution in [0, 0.1) is 18.3 Å². The minimum Gasteiger partial charge on any atom is -0.353 e. The molecule has 0 atom stereocenters. The molecule has 1 aliphatic heterocycles. The zero-order chi connectivity index (χ0) is 18.1. The predicted octanol–water partition coefficient (Wildman–Crippen LogP) is 2.64. The van der Waals surface area contributed by atoms with Crippen LogP contribution in [0.25, 0.3) is 0 Å². The summed E-state index contributed by atoms with van der Waals surface area (Å²) in [4.78, 5) is 21.7. The molecule has 2 fully saturated rings. The van der Waals surface area contributed by atoms with Crippen LogP contribution in [0.3, 0.4) is 0 Å². The summed E-state index contributed by atoms with van der Waals surface area (Å²) in [6.45, 7) is 4.97. The minimum absolute atomic E-state index is 0.265. The van der Waals surface area contributed by atoms with Crippen LogP contribution >= 0.6 is 0 Å². The molecule has 26 heavy (non-hydrogen) atoms. The van der Waals surface area contributed by atoms with Gasteiger partial charge in [0.15, 0.2) is 0 Å². The Kier molecular flexibility index (Phi) is 4.12. The smallest absolute Gasteiger partial charge is 0.233 e. The number of anilines is 1. The van der Waals surface area contributed by atoms with Gasteiger partial charge in [-0.25, -0.2) is 4.98 Å². The Bertz CT molecular complexity index is 874. The Morgan fingerprint density at radius 1 is 1.15 bits per heavy atom. The van der Waals surface area contributed by atoms with Crippen LogP contribution < -0.4 is 4.90 Å². The maximum absolute atomic E-state index is 13.2. The van der Waals surface area contributed by atoms with E-state index in [1.54, 1.807) is 12.3 Å². The van der Waals surface area contributed by atoms with Gasteiger partial charge in [-0.2, -0.15) is 5.26 Å². The molecule has 1 amide bonds. The molecule has 1 aromatic heterocycles. The number of aromatic nitrogens is 1. The van der Waals surface area contributed by atoms with Crippen molar-refractivity contribution in [2.45, 2.75) is 25.2 Å². The fraction of sp³-hybridized carbons (Fsp3) is 0.381. The lowest BCUT2D eigenvalue weighted by molar-refractivity contribution is -0.134. The molecule has 0 bridgehead atoms. The highest BCUT2D eigenvalue weighted by Gasteiger charge is 2.53.